The van der Waals surface area contributed by atoms with Gasteiger partial charge in [0.05, 0.1) is 13.2 Å². The van der Waals surface area contributed by atoms with E-state index in [0.717, 1.165) is 42.0 Å². The summed E-state index contributed by atoms with van der Waals surface area (Å²) >= 11 is 3.38. The minimum atomic E-state index is 0.256. The van der Waals surface area contributed by atoms with Crippen LogP contribution >= 0.6 is 15.9 Å². The van der Waals surface area contributed by atoms with Gasteiger partial charge in [-0.25, -0.2) is 4.98 Å². The Morgan fingerprint density at radius 2 is 2.20 bits per heavy atom. The molecule has 4 heteroatoms. The maximum atomic E-state index is 5.83. The Morgan fingerprint density at radius 3 is 2.87 bits per heavy atom. The lowest BCUT2D eigenvalue weighted by molar-refractivity contribution is 0.0234. The van der Waals surface area contributed by atoms with Gasteiger partial charge < -0.3 is 9.47 Å². The highest BCUT2D eigenvalue weighted by molar-refractivity contribution is 9.10. The average molecular weight is 272 g/mol. The Balaban J connectivity index is 2.03. The maximum absolute atomic E-state index is 5.83. The second-order valence-electron chi connectivity index (χ2n) is 3.71. The monoisotopic (exact) mass is 271 g/mol. The first-order valence-corrected chi connectivity index (χ1v) is 5.91. The van der Waals surface area contributed by atoms with Crippen LogP contribution in [0.4, 0.5) is 0 Å². The number of ether oxygens (including phenoxy) is 2. The maximum Gasteiger partial charge on any atom is 0.216 e. The van der Waals surface area contributed by atoms with Crippen molar-refractivity contribution in [1.82, 2.24) is 4.98 Å². The minimum Gasteiger partial charge on any atom is -0.474 e. The van der Waals surface area contributed by atoms with Gasteiger partial charge in [-0.05, 0) is 28.9 Å². The molecule has 0 bridgehead atoms. The third-order valence-electron chi connectivity index (χ3n) is 2.44. The number of aryl methyl sites for hydroxylation is 1. The van der Waals surface area contributed by atoms with E-state index in [4.69, 9.17) is 9.47 Å². The molecule has 2 heterocycles. The first-order valence-electron chi connectivity index (χ1n) is 5.12. The van der Waals surface area contributed by atoms with E-state index in [1.807, 2.05) is 13.0 Å². The number of hydrogen-bond acceptors (Lipinski definition) is 3. The van der Waals surface area contributed by atoms with Crippen LogP contribution in [0.2, 0.25) is 0 Å². The van der Waals surface area contributed by atoms with Crippen molar-refractivity contribution in [2.75, 3.05) is 13.2 Å². The van der Waals surface area contributed by atoms with Crippen LogP contribution in [-0.2, 0) is 4.74 Å². The average Bonchev–Trinajstić information content (AvgIpc) is 2.24. The van der Waals surface area contributed by atoms with E-state index in [1.54, 1.807) is 6.20 Å². The van der Waals surface area contributed by atoms with E-state index in [9.17, 15) is 0 Å². The van der Waals surface area contributed by atoms with Gasteiger partial charge >= 0.3 is 0 Å². The molecule has 3 nitrogen and oxygen atoms in total. The molecular weight excluding hydrogens is 258 g/mol. The van der Waals surface area contributed by atoms with Gasteiger partial charge in [0.15, 0.2) is 0 Å². The second kappa shape index (κ2) is 4.94. The molecule has 1 aliphatic rings. The number of aromatic nitrogens is 1. The van der Waals surface area contributed by atoms with Gasteiger partial charge in [0.1, 0.15) is 6.10 Å². The van der Waals surface area contributed by atoms with Crippen molar-refractivity contribution in [3.8, 4) is 5.88 Å². The van der Waals surface area contributed by atoms with Crippen LogP contribution < -0.4 is 4.74 Å². The molecule has 1 saturated heterocycles. The minimum absolute atomic E-state index is 0.256. The van der Waals surface area contributed by atoms with Crippen LogP contribution in [0.15, 0.2) is 16.7 Å². The zero-order valence-corrected chi connectivity index (χ0v) is 10.3. The lowest BCUT2D eigenvalue weighted by Crippen LogP contribution is -2.26. The molecule has 0 atom stereocenters. The Morgan fingerprint density at radius 1 is 1.47 bits per heavy atom. The Labute approximate surface area is 97.9 Å². The molecule has 1 aliphatic heterocycles. The van der Waals surface area contributed by atoms with E-state index < -0.39 is 0 Å². The normalized spacial score (nSPS) is 17.7. The fourth-order valence-corrected chi connectivity index (χ4v) is 2.05. The largest absolute Gasteiger partial charge is 0.474 e. The molecule has 0 amide bonds. The van der Waals surface area contributed by atoms with Gasteiger partial charge in [-0.1, -0.05) is 0 Å². The Kier molecular flexibility index (Phi) is 3.59. The van der Waals surface area contributed by atoms with Crippen LogP contribution in [-0.4, -0.2) is 24.3 Å². The smallest absolute Gasteiger partial charge is 0.216 e. The van der Waals surface area contributed by atoms with Crippen LogP contribution in [0, 0.1) is 6.92 Å². The SMILES string of the molecule is Cc1cc(Br)cnc1OC1CCOCC1. The number of nitrogens with zero attached hydrogens (tertiary/aromatic N) is 1. The van der Waals surface area contributed by atoms with Gasteiger partial charge in [0, 0.05) is 29.1 Å². The van der Waals surface area contributed by atoms with Gasteiger partial charge in [-0.3, -0.25) is 0 Å². The molecule has 0 radical (unpaired) electrons. The second-order valence-corrected chi connectivity index (χ2v) is 4.62. The fourth-order valence-electron chi connectivity index (χ4n) is 1.60. The van der Waals surface area contributed by atoms with Crippen LogP contribution in [0.25, 0.3) is 0 Å². The van der Waals surface area contributed by atoms with Crippen LogP contribution in [0.1, 0.15) is 18.4 Å². The molecule has 15 heavy (non-hydrogen) atoms. The summed E-state index contributed by atoms with van der Waals surface area (Å²) in [6, 6.07) is 2.02. The third-order valence-corrected chi connectivity index (χ3v) is 2.88. The number of rotatable bonds is 2. The molecule has 0 aromatic carbocycles. The highest BCUT2D eigenvalue weighted by Crippen LogP contribution is 2.22. The molecule has 1 aromatic rings. The van der Waals surface area contributed by atoms with Gasteiger partial charge in [-0.15, -0.1) is 0 Å². The quantitative estimate of drug-likeness (QED) is 0.829. The van der Waals surface area contributed by atoms with E-state index in [2.05, 4.69) is 20.9 Å². The topological polar surface area (TPSA) is 31.4 Å². The predicted molar refractivity (Wildman–Crippen MR) is 61.1 cm³/mol. The van der Waals surface area contributed by atoms with Crippen molar-refractivity contribution >= 4 is 15.9 Å². The van der Waals surface area contributed by atoms with Crippen LogP contribution in [0.5, 0.6) is 5.88 Å². The van der Waals surface area contributed by atoms with E-state index >= 15 is 0 Å². The first-order chi connectivity index (χ1) is 7.25. The molecule has 82 valence electrons. The van der Waals surface area contributed by atoms with Gasteiger partial charge in [0.25, 0.3) is 0 Å². The molecule has 0 unspecified atom stereocenters. The molecule has 1 fully saturated rings. The molecule has 0 aliphatic carbocycles. The van der Waals surface area contributed by atoms with Crippen molar-refractivity contribution in [2.24, 2.45) is 0 Å². The van der Waals surface area contributed by atoms with Crippen LogP contribution in [0.3, 0.4) is 0 Å². The highest BCUT2D eigenvalue weighted by Gasteiger charge is 2.16. The molecule has 0 spiro atoms. The molecule has 0 N–H and O–H groups in total. The standard InChI is InChI=1S/C11H14BrNO2/c1-8-6-9(12)7-13-11(8)15-10-2-4-14-5-3-10/h6-7,10H,2-5H2,1H3. The molecule has 0 saturated carbocycles. The van der Waals surface area contributed by atoms with E-state index in [0.29, 0.717) is 0 Å². The third kappa shape index (κ3) is 2.92. The van der Waals surface area contributed by atoms with Crippen molar-refractivity contribution in [3.63, 3.8) is 0 Å². The summed E-state index contributed by atoms with van der Waals surface area (Å²) in [6.07, 6.45) is 3.93. The number of hydrogen-bond donors (Lipinski definition) is 0. The molecule has 1 aromatic heterocycles. The van der Waals surface area contributed by atoms with Gasteiger partial charge in [-0.2, -0.15) is 0 Å². The van der Waals surface area contributed by atoms with Gasteiger partial charge in [0.2, 0.25) is 5.88 Å². The zero-order chi connectivity index (χ0) is 10.7. The summed E-state index contributed by atoms with van der Waals surface area (Å²) in [5.41, 5.74) is 1.07. The van der Waals surface area contributed by atoms with Crippen molar-refractivity contribution < 1.29 is 9.47 Å². The zero-order valence-electron chi connectivity index (χ0n) is 8.70. The van der Waals surface area contributed by atoms with Crippen molar-refractivity contribution in [2.45, 2.75) is 25.9 Å². The highest BCUT2D eigenvalue weighted by atomic mass is 79.9. The van der Waals surface area contributed by atoms with Crippen molar-refractivity contribution in [3.05, 3.63) is 22.3 Å². The van der Waals surface area contributed by atoms with Crippen molar-refractivity contribution in [1.29, 1.82) is 0 Å². The Bertz CT molecular complexity index is 337. The predicted octanol–water partition coefficient (Wildman–Crippen LogP) is 2.71. The van der Waals surface area contributed by atoms with E-state index in [1.165, 1.54) is 0 Å². The summed E-state index contributed by atoms with van der Waals surface area (Å²) in [4.78, 5) is 4.26. The van der Waals surface area contributed by atoms with E-state index in [-0.39, 0.29) is 6.10 Å². The first kappa shape index (κ1) is 10.9. The lowest BCUT2D eigenvalue weighted by atomic mass is 10.1. The summed E-state index contributed by atoms with van der Waals surface area (Å²) in [5, 5.41) is 0. The summed E-state index contributed by atoms with van der Waals surface area (Å²) < 4.78 is 12.1. The summed E-state index contributed by atoms with van der Waals surface area (Å²) in [6.45, 7) is 3.59. The number of halogens is 1. The summed E-state index contributed by atoms with van der Waals surface area (Å²) in [5.74, 6) is 0.741. The molecule has 2 rings (SSSR count). The summed E-state index contributed by atoms with van der Waals surface area (Å²) in [7, 11) is 0. The number of pyridine rings is 1. The fraction of sp³-hybridized carbons (Fsp3) is 0.545. The Hall–Kier alpha value is -0.610. The lowest BCUT2D eigenvalue weighted by Gasteiger charge is -2.23. The molecular formula is C11H14BrNO2.